The molecule has 0 amide bonds. The van der Waals surface area contributed by atoms with Gasteiger partial charge < -0.3 is 15.2 Å². The summed E-state index contributed by atoms with van der Waals surface area (Å²) < 4.78 is 42.1. The Labute approximate surface area is 156 Å². The average Bonchev–Trinajstić information content (AvgIpc) is 3.08. The van der Waals surface area contributed by atoms with Crippen molar-refractivity contribution in [3.05, 3.63) is 50.9 Å². The molecule has 4 rings (SSSR count). The van der Waals surface area contributed by atoms with Crippen molar-refractivity contribution in [2.75, 3.05) is 16.8 Å². The Morgan fingerprint density at radius 1 is 1.18 bits per heavy atom. The number of halogens is 3. The molecule has 1 atom stereocenters. The predicted molar refractivity (Wildman–Crippen MR) is 97.5 cm³/mol. The topological polar surface area (TPSA) is 87.9 Å². The second-order valence-corrected chi connectivity index (χ2v) is 6.72. The first-order valence-corrected chi connectivity index (χ1v) is 8.48. The summed E-state index contributed by atoms with van der Waals surface area (Å²) in [5.41, 5.74) is 0.209. The zero-order chi connectivity index (χ0) is 20.2. The fourth-order valence-electron chi connectivity index (χ4n) is 3.39. The maximum absolute atomic E-state index is 13.3. The van der Waals surface area contributed by atoms with Gasteiger partial charge in [-0.25, -0.2) is 9.78 Å². The molecule has 1 unspecified atom stereocenters. The zero-order valence-electron chi connectivity index (χ0n) is 15.0. The van der Waals surface area contributed by atoms with Crippen LogP contribution in [0, 0.1) is 0 Å². The van der Waals surface area contributed by atoms with Crippen molar-refractivity contribution in [2.24, 2.45) is 14.1 Å². The highest BCUT2D eigenvalue weighted by molar-refractivity contribution is 5.73. The molecular weight excluding hydrogens is 377 g/mol. The van der Waals surface area contributed by atoms with E-state index in [1.54, 1.807) is 29.2 Å². The number of hydrogen-bond donors (Lipinski definition) is 2. The van der Waals surface area contributed by atoms with E-state index in [0.717, 1.165) is 4.57 Å². The normalized spacial score (nSPS) is 16.9. The molecule has 8 nitrogen and oxygen atoms in total. The number of aryl methyl sites for hydroxylation is 1. The van der Waals surface area contributed by atoms with Gasteiger partial charge in [0, 0.05) is 20.6 Å². The van der Waals surface area contributed by atoms with Gasteiger partial charge in [0.2, 0.25) is 0 Å². The minimum absolute atomic E-state index is 0.0251. The number of H-pyrrole nitrogens is 1. The van der Waals surface area contributed by atoms with Crippen LogP contribution in [0.15, 0.2) is 33.9 Å². The van der Waals surface area contributed by atoms with E-state index in [2.05, 4.69) is 15.3 Å². The van der Waals surface area contributed by atoms with Crippen molar-refractivity contribution in [3.8, 4) is 0 Å². The van der Waals surface area contributed by atoms with Gasteiger partial charge in [-0.3, -0.25) is 13.9 Å². The van der Waals surface area contributed by atoms with Gasteiger partial charge in [0.15, 0.2) is 5.65 Å². The van der Waals surface area contributed by atoms with E-state index in [-0.39, 0.29) is 24.3 Å². The highest BCUT2D eigenvalue weighted by atomic mass is 19.4. The number of benzene rings is 1. The van der Waals surface area contributed by atoms with Gasteiger partial charge in [-0.15, -0.1) is 0 Å². The Kier molecular flexibility index (Phi) is 3.98. The highest BCUT2D eigenvalue weighted by Gasteiger charge is 2.43. The summed E-state index contributed by atoms with van der Waals surface area (Å²) in [5.74, 6) is 0.297. The van der Waals surface area contributed by atoms with E-state index in [0.29, 0.717) is 17.2 Å². The van der Waals surface area contributed by atoms with Crippen LogP contribution in [0.5, 0.6) is 0 Å². The van der Waals surface area contributed by atoms with E-state index in [1.165, 1.54) is 18.7 Å². The third-order valence-electron chi connectivity index (χ3n) is 4.86. The van der Waals surface area contributed by atoms with Crippen LogP contribution in [0.4, 0.5) is 24.5 Å². The summed E-state index contributed by atoms with van der Waals surface area (Å²) in [6.07, 6.45) is -4.42. The van der Waals surface area contributed by atoms with Gasteiger partial charge in [0.1, 0.15) is 17.4 Å². The molecule has 1 aromatic carbocycles. The molecule has 0 aliphatic carbocycles. The lowest BCUT2D eigenvalue weighted by molar-refractivity contribution is -0.140. The van der Waals surface area contributed by atoms with Crippen LogP contribution in [-0.4, -0.2) is 37.9 Å². The number of imidazole rings is 1. The number of aromatic amines is 1. The second kappa shape index (κ2) is 6.14. The van der Waals surface area contributed by atoms with Crippen LogP contribution in [0.1, 0.15) is 5.82 Å². The van der Waals surface area contributed by atoms with Crippen molar-refractivity contribution in [3.63, 3.8) is 0 Å². The van der Waals surface area contributed by atoms with Crippen molar-refractivity contribution < 1.29 is 13.2 Å². The predicted octanol–water partition coefficient (Wildman–Crippen LogP) is 1.32. The van der Waals surface area contributed by atoms with Crippen LogP contribution < -0.4 is 21.5 Å². The van der Waals surface area contributed by atoms with Crippen molar-refractivity contribution >= 4 is 22.5 Å². The highest BCUT2D eigenvalue weighted by Crippen LogP contribution is 2.36. The van der Waals surface area contributed by atoms with Gasteiger partial charge >= 0.3 is 11.9 Å². The third-order valence-corrected chi connectivity index (χ3v) is 4.86. The third kappa shape index (κ3) is 2.83. The number of anilines is 2. The standard InChI is InChI=1S/C17H17F3N6O2/c1-24-14-13(15(27)25(2)16(24)28)22-12(23-14)8-26-7-11(17(18,19)20)21-9-5-3-4-6-10(9)26/h3-6,11,21H,7-8H2,1-2H3,(H,22,23). The summed E-state index contributed by atoms with van der Waals surface area (Å²) in [7, 11) is 2.83. The molecule has 3 aromatic rings. The van der Waals surface area contributed by atoms with Crippen LogP contribution >= 0.6 is 0 Å². The first-order valence-electron chi connectivity index (χ1n) is 8.48. The Hall–Kier alpha value is -3.24. The van der Waals surface area contributed by atoms with Crippen molar-refractivity contribution in [2.45, 2.75) is 18.8 Å². The molecule has 11 heteroatoms. The number of fused-ring (bicyclic) bond motifs is 2. The SMILES string of the molecule is Cn1c(=O)c2[nH]c(CN3CC(C(F)(F)F)Nc4ccccc43)nc2n(C)c1=O. The molecule has 2 N–H and O–H groups in total. The fourth-order valence-corrected chi connectivity index (χ4v) is 3.39. The summed E-state index contributed by atoms with van der Waals surface area (Å²) in [5, 5.41) is 2.52. The second-order valence-electron chi connectivity index (χ2n) is 6.72. The lowest BCUT2D eigenvalue weighted by Gasteiger charge is -2.37. The van der Waals surface area contributed by atoms with Crippen molar-refractivity contribution in [1.29, 1.82) is 0 Å². The Balaban J connectivity index is 1.76. The van der Waals surface area contributed by atoms with E-state index in [4.69, 9.17) is 0 Å². The summed E-state index contributed by atoms with van der Waals surface area (Å²) in [6, 6.07) is 4.96. The summed E-state index contributed by atoms with van der Waals surface area (Å²) in [4.78, 5) is 33.0. The summed E-state index contributed by atoms with van der Waals surface area (Å²) >= 11 is 0. The lowest BCUT2D eigenvalue weighted by Crippen LogP contribution is -2.49. The van der Waals surface area contributed by atoms with Gasteiger partial charge in [0.25, 0.3) is 5.56 Å². The minimum atomic E-state index is -4.42. The van der Waals surface area contributed by atoms with E-state index in [9.17, 15) is 22.8 Å². The Morgan fingerprint density at radius 2 is 1.89 bits per heavy atom. The van der Waals surface area contributed by atoms with Crippen LogP contribution in [-0.2, 0) is 20.6 Å². The van der Waals surface area contributed by atoms with E-state index < -0.39 is 23.5 Å². The largest absolute Gasteiger partial charge is 0.410 e. The van der Waals surface area contributed by atoms with Gasteiger partial charge in [-0.2, -0.15) is 13.2 Å². The van der Waals surface area contributed by atoms with Gasteiger partial charge in [-0.05, 0) is 12.1 Å². The number of nitrogens with one attached hydrogen (secondary N) is 2. The molecule has 3 heterocycles. The number of nitrogens with zero attached hydrogens (tertiary/aromatic N) is 4. The molecular formula is C17H17F3N6O2. The van der Waals surface area contributed by atoms with Crippen LogP contribution in [0.3, 0.4) is 0 Å². The lowest BCUT2D eigenvalue weighted by atomic mass is 10.1. The fraction of sp³-hybridized carbons (Fsp3) is 0.353. The quantitative estimate of drug-likeness (QED) is 0.685. The number of alkyl halides is 3. The van der Waals surface area contributed by atoms with Crippen molar-refractivity contribution in [1.82, 2.24) is 19.1 Å². The van der Waals surface area contributed by atoms with Gasteiger partial charge in [-0.1, -0.05) is 12.1 Å². The first kappa shape index (κ1) is 18.1. The first-order chi connectivity index (χ1) is 13.2. The number of para-hydroxylation sites is 2. The maximum atomic E-state index is 13.3. The molecule has 0 bridgehead atoms. The summed E-state index contributed by atoms with van der Waals surface area (Å²) in [6.45, 7) is -0.286. The number of aromatic nitrogens is 4. The molecule has 28 heavy (non-hydrogen) atoms. The monoisotopic (exact) mass is 394 g/mol. The molecule has 0 saturated heterocycles. The smallest absolute Gasteiger partial charge is 0.371 e. The average molecular weight is 394 g/mol. The minimum Gasteiger partial charge on any atom is -0.371 e. The molecule has 1 aliphatic heterocycles. The Bertz CT molecular complexity index is 1180. The van der Waals surface area contributed by atoms with Gasteiger partial charge in [0.05, 0.1) is 17.9 Å². The molecule has 0 saturated carbocycles. The maximum Gasteiger partial charge on any atom is 0.410 e. The number of hydrogen-bond acceptors (Lipinski definition) is 5. The molecule has 148 valence electrons. The molecule has 2 aromatic heterocycles. The zero-order valence-corrected chi connectivity index (χ0v) is 15.0. The molecule has 0 radical (unpaired) electrons. The van der Waals surface area contributed by atoms with E-state index >= 15 is 0 Å². The van der Waals surface area contributed by atoms with Crippen LogP contribution in [0.25, 0.3) is 11.2 Å². The molecule has 1 aliphatic rings. The Morgan fingerprint density at radius 3 is 2.61 bits per heavy atom. The van der Waals surface area contributed by atoms with E-state index in [1.807, 2.05) is 0 Å². The van der Waals surface area contributed by atoms with Crippen LogP contribution in [0.2, 0.25) is 0 Å². The number of rotatable bonds is 2. The molecule has 0 fully saturated rings. The molecule has 0 spiro atoms.